The average molecular weight is 314 g/mol. The van der Waals surface area contributed by atoms with Gasteiger partial charge in [-0.3, -0.25) is 0 Å². The minimum Gasteiger partial charge on any atom is -0.380 e. The van der Waals surface area contributed by atoms with Gasteiger partial charge in [0.05, 0.1) is 11.5 Å². The highest BCUT2D eigenvalue weighted by Gasteiger charge is 2.20. The van der Waals surface area contributed by atoms with Crippen molar-refractivity contribution >= 4 is 10.0 Å². The van der Waals surface area contributed by atoms with Gasteiger partial charge in [0.25, 0.3) is 0 Å². The molecule has 0 bridgehead atoms. The first-order valence-corrected chi connectivity index (χ1v) is 8.76. The van der Waals surface area contributed by atoms with E-state index in [1.165, 1.54) is 0 Å². The molecule has 0 saturated heterocycles. The molecule has 0 saturated carbocycles. The van der Waals surface area contributed by atoms with Gasteiger partial charge in [0, 0.05) is 25.2 Å². The molecule has 21 heavy (non-hydrogen) atoms. The molecule has 0 fully saturated rings. The molecule has 5 nitrogen and oxygen atoms in total. The van der Waals surface area contributed by atoms with Gasteiger partial charge >= 0.3 is 0 Å². The monoisotopic (exact) mass is 314 g/mol. The Kier molecular flexibility index (Phi) is 7.31. The molecule has 0 radical (unpaired) electrons. The van der Waals surface area contributed by atoms with Crippen LogP contribution in [0.2, 0.25) is 0 Å². The molecule has 0 amide bonds. The fraction of sp³-hybridized carbons (Fsp3) is 0.600. The molecule has 6 heteroatoms. The van der Waals surface area contributed by atoms with Crippen LogP contribution in [0.4, 0.5) is 0 Å². The van der Waals surface area contributed by atoms with Crippen LogP contribution in [-0.2, 0) is 21.3 Å². The van der Waals surface area contributed by atoms with Gasteiger partial charge in [0.2, 0.25) is 10.0 Å². The van der Waals surface area contributed by atoms with Crippen LogP contribution in [0.5, 0.6) is 0 Å². The van der Waals surface area contributed by atoms with Gasteiger partial charge in [0.1, 0.15) is 0 Å². The molecule has 2 N–H and O–H groups in total. The summed E-state index contributed by atoms with van der Waals surface area (Å²) in [5, 5.41) is 3.24. The van der Waals surface area contributed by atoms with Crippen LogP contribution >= 0.6 is 0 Å². The lowest BCUT2D eigenvalue weighted by Crippen LogP contribution is -2.36. The van der Waals surface area contributed by atoms with E-state index < -0.39 is 10.0 Å². The van der Waals surface area contributed by atoms with E-state index >= 15 is 0 Å². The molecule has 0 aliphatic heterocycles. The largest absolute Gasteiger partial charge is 0.380 e. The Hall–Kier alpha value is -0.950. The summed E-state index contributed by atoms with van der Waals surface area (Å²) in [7, 11) is -3.54. The third kappa shape index (κ3) is 6.13. The molecule has 0 aromatic heterocycles. The predicted octanol–water partition coefficient (Wildman–Crippen LogP) is 1.89. The van der Waals surface area contributed by atoms with E-state index in [1.807, 2.05) is 32.9 Å². The summed E-state index contributed by atoms with van der Waals surface area (Å²) in [5.74, 6) is 0. The van der Waals surface area contributed by atoms with Gasteiger partial charge < -0.3 is 10.1 Å². The van der Waals surface area contributed by atoms with Gasteiger partial charge in [-0.25, -0.2) is 13.1 Å². The van der Waals surface area contributed by atoms with Gasteiger partial charge in [0.15, 0.2) is 0 Å². The van der Waals surface area contributed by atoms with Crippen molar-refractivity contribution in [1.82, 2.24) is 10.0 Å². The second kappa shape index (κ2) is 8.48. The summed E-state index contributed by atoms with van der Waals surface area (Å²) in [5.41, 5.74) is 0.766. The van der Waals surface area contributed by atoms with E-state index in [9.17, 15) is 8.42 Å². The zero-order valence-corrected chi connectivity index (χ0v) is 14.0. The standard InChI is InChI=1S/C15H26N2O3S/c1-5-20-11-13(4)17-21(18,19)15-9-7-6-8-14(15)10-16-12(2)3/h6-9,12-13,16-17H,5,10-11H2,1-4H3. The molecule has 0 spiro atoms. The van der Waals surface area contributed by atoms with Crippen LogP contribution in [-0.4, -0.2) is 33.7 Å². The Morgan fingerprint density at radius 3 is 2.48 bits per heavy atom. The quantitative estimate of drug-likeness (QED) is 0.730. The molecule has 1 aromatic carbocycles. The number of nitrogens with one attached hydrogen (secondary N) is 2. The lowest BCUT2D eigenvalue weighted by molar-refractivity contribution is 0.133. The molecule has 0 aliphatic rings. The molecular formula is C15H26N2O3S. The van der Waals surface area contributed by atoms with Crippen molar-refractivity contribution in [2.24, 2.45) is 0 Å². The summed E-state index contributed by atoms with van der Waals surface area (Å²) in [6.45, 7) is 9.19. The minimum atomic E-state index is -3.54. The Bertz CT molecular complexity index is 529. The van der Waals surface area contributed by atoms with E-state index in [2.05, 4.69) is 10.0 Å². The number of benzene rings is 1. The first-order chi connectivity index (χ1) is 9.86. The molecule has 1 rings (SSSR count). The Morgan fingerprint density at radius 2 is 1.86 bits per heavy atom. The van der Waals surface area contributed by atoms with Crippen molar-refractivity contribution in [2.45, 2.75) is 51.2 Å². The number of hydrogen-bond acceptors (Lipinski definition) is 4. The average Bonchev–Trinajstić information content (AvgIpc) is 2.42. The third-order valence-electron chi connectivity index (χ3n) is 2.89. The molecule has 1 atom stereocenters. The SMILES string of the molecule is CCOCC(C)NS(=O)(=O)c1ccccc1CNC(C)C. The summed E-state index contributed by atoms with van der Waals surface area (Å²) in [6, 6.07) is 7.08. The smallest absolute Gasteiger partial charge is 0.241 e. The third-order valence-corrected chi connectivity index (χ3v) is 4.58. The molecule has 1 unspecified atom stereocenters. The maximum atomic E-state index is 12.5. The topological polar surface area (TPSA) is 67.4 Å². The van der Waals surface area contributed by atoms with Crippen LogP contribution < -0.4 is 10.0 Å². The molecule has 0 aliphatic carbocycles. The highest BCUT2D eigenvalue weighted by atomic mass is 32.2. The Balaban J connectivity index is 2.87. The summed E-state index contributed by atoms with van der Waals surface area (Å²) in [6.07, 6.45) is 0. The summed E-state index contributed by atoms with van der Waals surface area (Å²) < 4.78 is 32.9. The van der Waals surface area contributed by atoms with Crippen LogP contribution in [0.15, 0.2) is 29.2 Å². The van der Waals surface area contributed by atoms with Gasteiger partial charge in [-0.1, -0.05) is 32.0 Å². The predicted molar refractivity (Wildman–Crippen MR) is 84.7 cm³/mol. The molecule has 120 valence electrons. The first kappa shape index (κ1) is 18.1. The maximum absolute atomic E-state index is 12.5. The summed E-state index contributed by atoms with van der Waals surface area (Å²) in [4.78, 5) is 0.321. The second-order valence-electron chi connectivity index (χ2n) is 5.33. The lowest BCUT2D eigenvalue weighted by atomic mass is 10.2. The van der Waals surface area contributed by atoms with Gasteiger partial charge in [-0.05, 0) is 25.5 Å². The van der Waals surface area contributed by atoms with E-state index in [0.29, 0.717) is 30.7 Å². The van der Waals surface area contributed by atoms with Crippen molar-refractivity contribution in [3.63, 3.8) is 0 Å². The Morgan fingerprint density at radius 1 is 1.19 bits per heavy atom. The van der Waals surface area contributed by atoms with Crippen molar-refractivity contribution in [3.8, 4) is 0 Å². The van der Waals surface area contributed by atoms with Crippen LogP contribution in [0.25, 0.3) is 0 Å². The zero-order chi connectivity index (χ0) is 15.9. The second-order valence-corrected chi connectivity index (χ2v) is 7.01. The number of sulfonamides is 1. The van der Waals surface area contributed by atoms with E-state index in [-0.39, 0.29) is 6.04 Å². The van der Waals surface area contributed by atoms with E-state index in [4.69, 9.17) is 4.74 Å². The summed E-state index contributed by atoms with van der Waals surface area (Å²) >= 11 is 0. The fourth-order valence-corrected chi connectivity index (χ4v) is 3.35. The molecular weight excluding hydrogens is 288 g/mol. The van der Waals surface area contributed by atoms with E-state index in [1.54, 1.807) is 19.1 Å². The van der Waals surface area contributed by atoms with Gasteiger partial charge in [-0.2, -0.15) is 0 Å². The zero-order valence-electron chi connectivity index (χ0n) is 13.2. The van der Waals surface area contributed by atoms with Crippen molar-refractivity contribution in [3.05, 3.63) is 29.8 Å². The van der Waals surface area contributed by atoms with Gasteiger partial charge in [-0.15, -0.1) is 0 Å². The fourth-order valence-electron chi connectivity index (χ4n) is 1.88. The molecule has 1 aromatic rings. The van der Waals surface area contributed by atoms with Crippen molar-refractivity contribution < 1.29 is 13.2 Å². The van der Waals surface area contributed by atoms with Crippen molar-refractivity contribution in [2.75, 3.05) is 13.2 Å². The number of ether oxygens (including phenoxy) is 1. The van der Waals surface area contributed by atoms with Crippen LogP contribution in [0.1, 0.15) is 33.3 Å². The first-order valence-electron chi connectivity index (χ1n) is 7.28. The lowest BCUT2D eigenvalue weighted by Gasteiger charge is -2.17. The number of hydrogen-bond donors (Lipinski definition) is 2. The van der Waals surface area contributed by atoms with Crippen molar-refractivity contribution in [1.29, 1.82) is 0 Å². The highest BCUT2D eigenvalue weighted by molar-refractivity contribution is 7.89. The molecule has 0 heterocycles. The number of rotatable bonds is 9. The van der Waals surface area contributed by atoms with Crippen LogP contribution in [0, 0.1) is 0 Å². The van der Waals surface area contributed by atoms with E-state index in [0.717, 1.165) is 5.56 Å². The highest BCUT2D eigenvalue weighted by Crippen LogP contribution is 2.16. The minimum absolute atomic E-state index is 0.263. The maximum Gasteiger partial charge on any atom is 0.241 e. The Labute approximate surface area is 128 Å². The normalized spacial score (nSPS) is 13.6. The van der Waals surface area contributed by atoms with Crippen LogP contribution in [0.3, 0.4) is 0 Å².